The van der Waals surface area contributed by atoms with Crippen molar-refractivity contribution in [2.24, 2.45) is 0 Å². The van der Waals surface area contributed by atoms with Gasteiger partial charge in [-0.2, -0.15) is 0 Å². The van der Waals surface area contributed by atoms with Gasteiger partial charge in [0.15, 0.2) is 16.6 Å². The number of pyridine rings is 2. The highest BCUT2D eigenvalue weighted by molar-refractivity contribution is 8.01. The van der Waals surface area contributed by atoms with Gasteiger partial charge in [-0.1, -0.05) is 52.4 Å². The first-order valence-corrected chi connectivity index (χ1v) is 16.7. The van der Waals surface area contributed by atoms with Gasteiger partial charge >= 0.3 is 6.09 Å². The van der Waals surface area contributed by atoms with Crippen LogP contribution in [0.5, 0.6) is 0 Å². The minimum absolute atomic E-state index is 0.154. The Morgan fingerprint density at radius 3 is 2.59 bits per heavy atom. The summed E-state index contributed by atoms with van der Waals surface area (Å²) in [6, 6.07) is 10.6. The molecule has 1 aliphatic heterocycles. The number of rotatable bonds is 11. The minimum Gasteiger partial charge on any atom is -0.447 e. The number of amides is 2. The predicted molar refractivity (Wildman–Crippen MR) is 177 cm³/mol. The van der Waals surface area contributed by atoms with E-state index in [-0.39, 0.29) is 23.7 Å². The van der Waals surface area contributed by atoms with E-state index in [2.05, 4.69) is 25.6 Å². The van der Waals surface area contributed by atoms with Crippen molar-refractivity contribution in [3.8, 4) is 0 Å². The van der Waals surface area contributed by atoms with Crippen molar-refractivity contribution in [2.75, 3.05) is 45.3 Å². The van der Waals surface area contributed by atoms with Crippen molar-refractivity contribution in [1.82, 2.24) is 25.2 Å². The molecule has 3 aromatic heterocycles. The lowest BCUT2D eigenvalue weighted by atomic mass is 9.72. The van der Waals surface area contributed by atoms with Gasteiger partial charge in [-0.05, 0) is 61.2 Å². The van der Waals surface area contributed by atoms with Crippen LogP contribution in [-0.2, 0) is 14.9 Å². The SMILES string of the molecule is COCCOC(=O)N1CCC(CNC(=O)c2nccc(Sc3cnc(Nc4cc(C)ccn4)s3)c2F)(c2ccc(Cl)c(Cl)c2)CC1. The van der Waals surface area contributed by atoms with Crippen molar-refractivity contribution in [3.63, 3.8) is 0 Å². The molecule has 0 atom stereocenters. The number of likely N-dealkylation sites (tertiary alicyclic amines) is 1. The first-order valence-electron chi connectivity index (χ1n) is 14.3. The summed E-state index contributed by atoms with van der Waals surface area (Å²) < 4.78 is 26.6. The molecule has 1 aliphatic rings. The molecule has 1 fully saturated rings. The van der Waals surface area contributed by atoms with Crippen LogP contribution in [0.1, 0.15) is 34.5 Å². The van der Waals surface area contributed by atoms with E-state index in [1.165, 1.54) is 30.7 Å². The summed E-state index contributed by atoms with van der Waals surface area (Å²) in [7, 11) is 1.53. The molecular weight excluding hydrogens is 674 g/mol. The summed E-state index contributed by atoms with van der Waals surface area (Å²) in [4.78, 5) is 40.5. The molecule has 15 heteroatoms. The molecular formula is C31H31Cl2FN6O4S2. The molecule has 2 amide bonds. The van der Waals surface area contributed by atoms with Crippen LogP contribution in [0.3, 0.4) is 0 Å². The summed E-state index contributed by atoms with van der Waals surface area (Å²) in [6.45, 7) is 3.35. The molecule has 4 heterocycles. The van der Waals surface area contributed by atoms with Crippen LogP contribution in [0.25, 0.3) is 0 Å². The lowest BCUT2D eigenvalue weighted by Gasteiger charge is -2.42. The molecule has 0 saturated carbocycles. The topological polar surface area (TPSA) is 119 Å². The Morgan fingerprint density at radius 2 is 1.85 bits per heavy atom. The molecule has 0 spiro atoms. The average molecular weight is 706 g/mol. The van der Waals surface area contributed by atoms with E-state index < -0.39 is 23.2 Å². The van der Waals surface area contributed by atoms with Gasteiger partial charge in [0, 0.05) is 44.6 Å². The number of anilines is 2. The molecule has 1 saturated heterocycles. The van der Waals surface area contributed by atoms with E-state index in [0.717, 1.165) is 27.1 Å². The van der Waals surface area contributed by atoms with Gasteiger partial charge < -0.3 is 25.0 Å². The average Bonchev–Trinajstić information content (AvgIpc) is 3.49. The number of nitrogens with zero attached hydrogens (tertiary/aromatic N) is 4. The maximum atomic E-state index is 15.7. The largest absolute Gasteiger partial charge is 0.447 e. The molecule has 0 aliphatic carbocycles. The van der Waals surface area contributed by atoms with E-state index in [0.29, 0.717) is 53.5 Å². The molecule has 46 heavy (non-hydrogen) atoms. The monoisotopic (exact) mass is 704 g/mol. The van der Waals surface area contributed by atoms with Gasteiger partial charge in [-0.15, -0.1) is 0 Å². The number of halogens is 3. The van der Waals surface area contributed by atoms with E-state index >= 15 is 4.39 Å². The molecule has 4 aromatic rings. The number of thiazole rings is 1. The molecule has 10 nitrogen and oxygen atoms in total. The number of hydrogen-bond donors (Lipinski definition) is 2. The highest BCUT2D eigenvalue weighted by Crippen LogP contribution is 2.39. The number of benzene rings is 1. The molecule has 0 bridgehead atoms. The van der Waals surface area contributed by atoms with Crippen molar-refractivity contribution < 1.29 is 23.5 Å². The number of piperidine rings is 1. The Hall–Kier alpha value is -3.49. The van der Waals surface area contributed by atoms with Gasteiger partial charge in [0.2, 0.25) is 0 Å². The number of ether oxygens (including phenoxy) is 2. The van der Waals surface area contributed by atoms with Gasteiger partial charge in [0.25, 0.3) is 5.91 Å². The second-order valence-electron chi connectivity index (χ2n) is 10.6. The number of aryl methyl sites for hydroxylation is 1. The Bertz CT molecular complexity index is 1700. The van der Waals surface area contributed by atoms with Gasteiger partial charge in [0.05, 0.1) is 32.0 Å². The fourth-order valence-corrected chi connectivity index (χ4v) is 7.16. The molecule has 242 valence electrons. The van der Waals surface area contributed by atoms with Crippen molar-refractivity contribution >= 4 is 69.3 Å². The zero-order chi connectivity index (χ0) is 32.7. The van der Waals surface area contributed by atoms with Crippen molar-refractivity contribution in [3.05, 3.63) is 87.7 Å². The Kier molecular flexibility index (Phi) is 11.3. The Morgan fingerprint density at radius 1 is 1.07 bits per heavy atom. The fraction of sp³-hybridized carbons (Fsp3) is 0.323. The molecule has 2 N–H and O–H groups in total. The second-order valence-corrected chi connectivity index (χ2v) is 13.8. The normalized spacial score (nSPS) is 14.2. The fourth-order valence-electron chi connectivity index (χ4n) is 5.00. The predicted octanol–water partition coefficient (Wildman–Crippen LogP) is 7.13. The minimum atomic E-state index is -0.731. The first kappa shape index (κ1) is 33.9. The van der Waals surface area contributed by atoms with Crippen LogP contribution in [-0.4, -0.2) is 71.8 Å². The summed E-state index contributed by atoms with van der Waals surface area (Å²) >= 11 is 15.0. The maximum Gasteiger partial charge on any atom is 0.409 e. The quantitative estimate of drug-likeness (QED) is 0.157. The number of aromatic nitrogens is 3. The van der Waals surface area contributed by atoms with E-state index in [1.54, 1.807) is 29.4 Å². The maximum absolute atomic E-state index is 15.7. The number of hydrogen-bond acceptors (Lipinski definition) is 10. The lowest BCUT2D eigenvalue weighted by Crippen LogP contribution is -2.50. The van der Waals surface area contributed by atoms with Crippen LogP contribution in [0, 0.1) is 12.7 Å². The molecule has 0 radical (unpaired) electrons. The van der Waals surface area contributed by atoms with E-state index in [1.807, 2.05) is 25.1 Å². The summed E-state index contributed by atoms with van der Waals surface area (Å²) in [5.74, 6) is -0.727. The Labute approximate surface area is 284 Å². The van der Waals surface area contributed by atoms with Crippen LogP contribution in [0.2, 0.25) is 10.0 Å². The third-order valence-corrected chi connectivity index (χ3v) is 10.3. The number of methoxy groups -OCH3 is 1. The molecule has 1 aromatic carbocycles. The summed E-state index contributed by atoms with van der Waals surface area (Å²) in [6.07, 6.45) is 5.30. The standard InChI is InChI=1S/C31H31Cl2FN6O4S2/c1-19-5-9-35-24(15-19)39-29-37-17-25(46-29)45-23-6-10-36-27(26(23)34)28(41)38-18-31(20-3-4-21(32)22(33)16-20)7-11-40(12-8-31)30(42)44-14-13-43-2/h3-6,9-10,15-17H,7-8,11-14,18H2,1-2H3,(H,38,41)(H,35,37,39). The summed E-state index contributed by atoms with van der Waals surface area (Å²) in [5.41, 5.74) is 0.983. The van der Waals surface area contributed by atoms with E-state index in [4.69, 9.17) is 32.7 Å². The zero-order valence-electron chi connectivity index (χ0n) is 25.0. The molecule has 0 unspecified atom stereocenters. The Balaban J connectivity index is 1.28. The van der Waals surface area contributed by atoms with Crippen molar-refractivity contribution in [1.29, 1.82) is 0 Å². The number of nitrogens with one attached hydrogen (secondary N) is 2. The number of carbonyl (C=O) groups is 2. The van der Waals surface area contributed by atoms with Crippen LogP contribution in [0.15, 0.2) is 64.1 Å². The van der Waals surface area contributed by atoms with Crippen LogP contribution < -0.4 is 10.6 Å². The van der Waals surface area contributed by atoms with Crippen LogP contribution >= 0.6 is 46.3 Å². The van der Waals surface area contributed by atoms with Gasteiger partial charge in [-0.25, -0.2) is 24.1 Å². The van der Waals surface area contributed by atoms with Crippen molar-refractivity contribution in [2.45, 2.75) is 34.3 Å². The highest BCUT2D eigenvalue weighted by Gasteiger charge is 2.39. The lowest BCUT2D eigenvalue weighted by molar-refractivity contribution is 0.0589. The smallest absolute Gasteiger partial charge is 0.409 e. The summed E-state index contributed by atoms with van der Waals surface area (Å²) in [5, 5.41) is 7.43. The third kappa shape index (κ3) is 8.26. The van der Waals surface area contributed by atoms with Crippen LogP contribution in [0.4, 0.5) is 20.1 Å². The molecule has 5 rings (SSSR count). The van der Waals surface area contributed by atoms with E-state index in [9.17, 15) is 9.59 Å². The first-order chi connectivity index (χ1) is 22.2. The second kappa shape index (κ2) is 15.4. The third-order valence-electron chi connectivity index (χ3n) is 7.53. The van der Waals surface area contributed by atoms with Gasteiger partial charge in [-0.3, -0.25) is 4.79 Å². The highest BCUT2D eigenvalue weighted by atomic mass is 35.5. The number of carbonyl (C=O) groups excluding carboxylic acids is 2. The van der Waals surface area contributed by atoms with Gasteiger partial charge in [0.1, 0.15) is 12.4 Å². The zero-order valence-corrected chi connectivity index (χ0v) is 28.2.